The van der Waals surface area contributed by atoms with Gasteiger partial charge in [-0.05, 0) is 5.92 Å². The van der Waals surface area contributed by atoms with Crippen molar-refractivity contribution in [1.82, 2.24) is 14.5 Å². The zero-order valence-corrected chi connectivity index (χ0v) is 12.6. The molecule has 0 amide bonds. The molecule has 0 bridgehead atoms. The standard InChI is InChI=1S/C11H17N3O6S/c1-7(2)10(11(17)20-3)13-21(18,19)8-4-12-14(5-8)6-9(15)16/h4-5,7,10,13H,6H2,1-3H3,(H,15,16). The van der Waals surface area contributed by atoms with Gasteiger partial charge in [-0.2, -0.15) is 9.82 Å². The van der Waals surface area contributed by atoms with Gasteiger partial charge >= 0.3 is 11.9 Å². The Bertz CT molecular complexity index is 622. The maximum Gasteiger partial charge on any atom is 0.325 e. The SMILES string of the molecule is COC(=O)C(NS(=O)(=O)c1cnn(CC(=O)O)c1)C(C)C. The van der Waals surface area contributed by atoms with E-state index in [9.17, 15) is 18.0 Å². The van der Waals surface area contributed by atoms with Gasteiger partial charge in [0.25, 0.3) is 0 Å². The number of aromatic nitrogens is 2. The molecule has 1 unspecified atom stereocenters. The van der Waals surface area contributed by atoms with Crippen molar-refractivity contribution >= 4 is 22.0 Å². The molecular weight excluding hydrogens is 302 g/mol. The Morgan fingerprint density at radius 3 is 2.57 bits per heavy atom. The molecule has 21 heavy (non-hydrogen) atoms. The molecule has 1 atom stereocenters. The van der Waals surface area contributed by atoms with Crippen LogP contribution in [0.2, 0.25) is 0 Å². The van der Waals surface area contributed by atoms with E-state index < -0.39 is 34.5 Å². The summed E-state index contributed by atoms with van der Waals surface area (Å²) < 4.78 is 32.0. The maximum absolute atomic E-state index is 12.1. The summed E-state index contributed by atoms with van der Waals surface area (Å²) in [6, 6.07) is -1.04. The largest absolute Gasteiger partial charge is 0.480 e. The van der Waals surface area contributed by atoms with Crippen molar-refractivity contribution in [3.05, 3.63) is 12.4 Å². The molecule has 0 aliphatic heterocycles. The summed E-state index contributed by atoms with van der Waals surface area (Å²) in [4.78, 5) is 21.9. The highest BCUT2D eigenvalue weighted by molar-refractivity contribution is 7.89. The Hall–Kier alpha value is -1.94. The van der Waals surface area contributed by atoms with Gasteiger partial charge in [-0.3, -0.25) is 14.3 Å². The molecule has 0 saturated carbocycles. The van der Waals surface area contributed by atoms with Gasteiger partial charge in [0.15, 0.2) is 0 Å². The molecule has 1 rings (SSSR count). The summed E-state index contributed by atoms with van der Waals surface area (Å²) in [5, 5.41) is 12.3. The predicted octanol–water partition coefficient (Wildman–Crippen LogP) is -0.556. The highest BCUT2D eigenvalue weighted by atomic mass is 32.2. The number of hydrogen-bond acceptors (Lipinski definition) is 6. The fourth-order valence-electron chi connectivity index (χ4n) is 1.53. The van der Waals surface area contributed by atoms with Crippen LogP contribution in [0, 0.1) is 5.92 Å². The van der Waals surface area contributed by atoms with Crippen LogP contribution in [0.5, 0.6) is 0 Å². The number of carbonyl (C=O) groups is 2. The predicted molar refractivity (Wildman–Crippen MR) is 70.8 cm³/mol. The van der Waals surface area contributed by atoms with Gasteiger partial charge in [0.2, 0.25) is 10.0 Å². The van der Waals surface area contributed by atoms with E-state index in [0.29, 0.717) is 0 Å². The fourth-order valence-corrected chi connectivity index (χ4v) is 2.81. The Kier molecular flexibility index (Phi) is 5.44. The molecule has 1 aromatic rings. The zero-order valence-electron chi connectivity index (χ0n) is 11.8. The lowest BCUT2D eigenvalue weighted by Crippen LogP contribution is -2.44. The number of aliphatic carboxylic acids is 1. The minimum Gasteiger partial charge on any atom is -0.480 e. The number of esters is 1. The fraction of sp³-hybridized carbons (Fsp3) is 0.545. The van der Waals surface area contributed by atoms with Crippen LogP contribution in [0.4, 0.5) is 0 Å². The summed E-state index contributed by atoms with van der Waals surface area (Å²) in [6.45, 7) is 2.87. The van der Waals surface area contributed by atoms with Crippen molar-refractivity contribution in [3.8, 4) is 0 Å². The van der Waals surface area contributed by atoms with Crippen LogP contribution in [0.3, 0.4) is 0 Å². The number of carbonyl (C=O) groups excluding carboxylic acids is 1. The van der Waals surface area contributed by atoms with E-state index >= 15 is 0 Å². The average Bonchev–Trinajstić information content (AvgIpc) is 2.83. The Morgan fingerprint density at radius 2 is 2.10 bits per heavy atom. The lowest BCUT2D eigenvalue weighted by molar-refractivity contribution is -0.143. The Labute approximate surface area is 121 Å². The van der Waals surface area contributed by atoms with Gasteiger partial charge in [0.1, 0.15) is 17.5 Å². The van der Waals surface area contributed by atoms with E-state index in [-0.39, 0.29) is 10.8 Å². The number of ether oxygens (including phenoxy) is 1. The van der Waals surface area contributed by atoms with Gasteiger partial charge in [0, 0.05) is 6.20 Å². The monoisotopic (exact) mass is 319 g/mol. The third kappa shape index (κ3) is 4.53. The van der Waals surface area contributed by atoms with Crippen molar-refractivity contribution in [2.24, 2.45) is 5.92 Å². The minimum absolute atomic E-state index is 0.224. The van der Waals surface area contributed by atoms with Crippen LogP contribution in [0.15, 0.2) is 17.3 Å². The maximum atomic E-state index is 12.1. The van der Waals surface area contributed by atoms with E-state index in [1.807, 2.05) is 0 Å². The summed E-state index contributed by atoms with van der Waals surface area (Å²) in [5.41, 5.74) is 0. The normalized spacial score (nSPS) is 13.1. The first-order chi connectivity index (χ1) is 9.67. The van der Waals surface area contributed by atoms with E-state index in [2.05, 4.69) is 14.6 Å². The lowest BCUT2D eigenvalue weighted by atomic mass is 10.1. The number of hydrogen-bond donors (Lipinski definition) is 2. The number of nitrogens with zero attached hydrogens (tertiary/aromatic N) is 2. The molecule has 0 fully saturated rings. The quantitative estimate of drug-likeness (QED) is 0.645. The van der Waals surface area contributed by atoms with Crippen molar-refractivity contribution < 1.29 is 27.9 Å². The molecular formula is C11H17N3O6S. The van der Waals surface area contributed by atoms with E-state index in [4.69, 9.17) is 5.11 Å². The van der Waals surface area contributed by atoms with Crippen molar-refractivity contribution in [3.63, 3.8) is 0 Å². The van der Waals surface area contributed by atoms with Crippen LogP contribution in [0.1, 0.15) is 13.8 Å². The Balaban J connectivity index is 2.97. The highest BCUT2D eigenvalue weighted by Gasteiger charge is 2.29. The van der Waals surface area contributed by atoms with Crippen LogP contribution in [-0.2, 0) is 30.9 Å². The number of carboxylic acid groups (broad SMARTS) is 1. The van der Waals surface area contributed by atoms with E-state index in [0.717, 1.165) is 24.2 Å². The minimum atomic E-state index is -4.00. The molecule has 9 nitrogen and oxygen atoms in total. The number of rotatable bonds is 7. The van der Waals surface area contributed by atoms with Crippen LogP contribution in [0.25, 0.3) is 0 Å². The smallest absolute Gasteiger partial charge is 0.325 e. The summed E-state index contributed by atoms with van der Waals surface area (Å²) >= 11 is 0. The molecule has 2 N–H and O–H groups in total. The molecule has 0 aliphatic rings. The molecule has 0 spiro atoms. The molecule has 10 heteroatoms. The first kappa shape index (κ1) is 17.1. The Morgan fingerprint density at radius 1 is 1.48 bits per heavy atom. The van der Waals surface area contributed by atoms with Crippen LogP contribution >= 0.6 is 0 Å². The van der Waals surface area contributed by atoms with Gasteiger partial charge in [-0.25, -0.2) is 8.42 Å². The second kappa shape index (κ2) is 6.68. The topological polar surface area (TPSA) is 128 Å². The molecule has 0 aromatic carbocycles. The molecule has 1 heterocycles. The number of methoxy groups -OCH3 is 1. The lowest BCUT2D eigenvalue weighted by Gasteiger charge is -2.19. The first-order valence-corrected chi connectivity index (χ1v) is 7.50. The third-order valence-electron chi connectivity index (χ3n) is 2.62. The van der Waals surface area contributed by atoms with Crippen molar-refractivity contribution in [2.45, 2.75) is 31.3 Å². The van der Waals surface area contributed by atoms with Crippen LogP contribution in [-0.4, -0.2) is 48.4 Å². The van der Waals surface area contributed by atoms with Gasteiger partial charge in [-0.1, -0.05) is 13.8 Å². The van der Waals surface area contributed by atoms with Gasteiger partial charge < -0.3 is 9.84 Å². The number of sulfonamides is 1. The second-order valence-electron chi connectivity index (χ2n) is 4.63. The van der Waals surface area contributed by atoms with Crippen molar-refractivity contribution in [1.29, 1.82) is 0 Å². The summed E-state index contributed by atoms with van der Waals surface area (Å²) in [7, 11) is -2.84. The van der Waals surface area contributed by atoms with E-state index in [1.165, 1.54) is 0 Å². The first-order valence-electron chi connectivity index (χ1n) is 6.01. The average molecular weight is 319 g/mol. The van der Waals surface area contributed by atoms with Crippen molar-refractivity contribution in [2.75, 3.05) is 7.11 Å². The molecule has 0 radical (unpaired) electrons. The molecule has 118 valence electrons. The van der Waals surface area contributed by atoms with Crippen LogP contribution < -0.4 is 4.72 Å². The zero-order chi connectivity index (χ0) is 16.2. The highest BCUT2D eigenvalue weighted by Crippen LogP contribution is 2.12. The third-order valence-corrected chi connectivity index (χ3v) is 4.02. The van der Waals surface area contributed by atoms with E-state index in [1.54, 1.807) is 13.8 Å². The summed E-state index contributed by atoms with van der Waals surface area (Å²) in [5.74, 6) is -2.17. The molecule has 0 aliphatic carbocycles. The molecule has 1 aromatic heterocycles. The number of carboxylic acids is 1. The summed E-state index contributed by atoms with van der Waals surface area (Å²) in [6.07, 6.45) is 2.09. The van der Waals surface area contributed by atoms with Gasteiger partial charge in [0.05, 0.1) is 13.3 Å². The number of nitrogens with one attached hydrogen (secondary N) is 1. The van der Waals surface area contributed by atoms with Gasteiger partial charge in [-0.15, -0.1) is 0 Å². The second-order valence-corrected chi connectivity index (χ2v) is 6.35. The molecule has 0 saturated heterocycles.